The van der Waals surface area contributed by atoms with Gasteiger partial charge in [-0.2, -0.15) is 0 Å². The third kappa shape index (κ3) is 7.17. The number of nitrogens with zero attached hydrogens (tertiary/aromatic N) is 1. The number of allylic oxidation sites excluding steroid dienone is 1. The second kappa shape index (κ2) is 11.1. The normalized spacial score (nSPS) is 24.1. The fourth-order valence-electron chi connectivity index (χ4n) is 4.98. The largest absolute Gasteiger partial charge is 0.491 e. The van der Waals surface area contributed by atoms with Gasteiger partial charge in [-0.15, -0.1) is 0 Å². The molecule has 0 amide bonds. The van der Waals surface area contributed by atoms with E-state index in [2.05, 4.69) is 24.1 Å². The van der Waals surface area contributed by atoms with Gasteiger partial charge in [0.1, 0.15) is 24.3 Å². The Morgan fingerprint density at radius 3 is 2.59 bits per heavy atom. The van der Waals surface area contributed by atoms with E-state index in [1.54, 1.807) is 0 Å². The summed E-state index contributed by atoms with van der Waals surface area (Å²) in [6.45, 7) is 8.95. The lowest BCUT2D eigenvalue weighted by Gasteiger charge is -2.33. The molecule has 0 saturated carbocycles. The van der Waals surface area contributed by atoms with Crippen LogP contribution in [0.5, 0.6) is 5.75 Å². The third-order valence-corrected chi connectivity index (χ3v) is 6.49. The van der Waals surface area contributed by atoms with E-state index in [0.29, 0.717) is 37.2 Å². The van der Waals surface area contributed by atoms with E-state index >= 15 is 0 Å². The zero-order chi connectivity index (χ0) is 23.1. The summed E-state index contributed by atoms with van der Waals surface area (Å²) in [6.07, 6.45) is 5.50. The minimum atomic E-state index is -0.648. The molecule has 0 bridgehead atoms. The minimum Gasteiger partial charge on any atom is -0.491 e. The molecule has 1 aromatic carbocycles. The van der Waals surface area contributed by atoms with Crippen LogP contribution >= 0.6 is 0 Å². The highest BCUT2D eigenvalue weighted by atomic mass is 16.5. The molecule has 6 nitrogen and oxygen atoms in total. The van der Waals surface area contributed by atoms with Crippen molar-refractivity contribution in [3.8, 4) is 5.75 Å². The maximum absolute atomic E-state index is 13.0. The van der Waals surface area contributed by atoms with Crippen LogP contribution in [0.25, 0.3) is 0 Å². The first-order valence-corrected chi connectivity index (χ1v) is 11.9. The van der Waals surface area contributed by atoms with Crippen molar-refractivity contribution in [1.82, 2.24) is 10.2 Å². The van der Waals surface area contributed by atoms with Crippen molar-refractivity contribution in [1.29, 1.82) is 5.41 Å². The summed E-state index contributed by atoms with van der Waals surface area (Å²) in [5, 5.41) is 21.8. The van der Waals surface area contributed by atoms with E-state index in [9.17, 15) is 9.90 Å². The number of Topliss-reactive ketones (excluding diaryl/α,β-unsaturated/α-hetero) is 1. The van der Waals surface area contributed by atoms with E-state index in [4.69, 9.17) is 10.1 Å². The number of hydrogen-bond acceptors (Lipinski definition) is 5. The molecule has 3 rings (SSSR count). The number of rotatable bonds is 9. The van der Waals surface area contributed by atoms with Crippen LogP contribution in [0.1, 0.15) is 52.9 Å². The number of nitrogens with one attached hydrogen (secondary N) is 2. The Labute approximate surface area is 192 Å². The molecule has 2 aliphatic heterocycles. The van der Waals surface area contributed by atoms with Gasteiger partial charge in [0.2, 0.25) is 0 Å². The van der Waals surface area contributed by atoms with Gasteiger partial charge in [-0.25, -0.2) is 0 Å². The van der Waals surface area contributed by atoms with Crippen LogP contribution in [0.4, 0.5) is 0 Å². The number of hydrogen-bond donors (Lipinski definition) is 3. The number of carbonyl (C=O) groups is 1. The van der Waals surface area contributed by atoms with Crippen LogP contribution in [0, 0.1) is 17.2 Å². The third-order valence-electron chi connectivity index (χ3n) is 6.49. The SMILES string of the molecule is CC(C)CC1(C)NC(=N)C=C(CC2CCN(CC(O)COc3ccccc3)CC2)CC1=O. The van der Waals surface area contributed by atoms with Gasteiger partial charge in [0.15, 0.2) is 5.78 Å². The average molecular weight is 442 g/mol. The molecular formula is C26H39N3O3. The zero-order valence-electron chi connectivity index (χ0n) is 19.8. The standard InChI is InChI=1S/C26H39N3O3/c1-19(2)16-26(3)24(31)14-21(15-25(27)28-26)13-20-9-11-29(12-10-20)17-22(30)18-32-23-7-5-4-6-8-23/h4-8,15,19-20,22,30H,9-14,16-18H2,1-3H3,(H2,27,28). The Bertz CT molecular complexity index is 800. The molecule has 2 heterocycles. The van der Waals surface area contributed by atoms with Crippen molar-refractivity contribution >= 4 is 11.6 Å². The summed E-state index contributed by atoms with van der Waals surface area (Å²) < 4.78 is 5.66. The lowest BCUT2D eigenvalue weighted by molar-refractivity contribution is -0.124. The molecule has 2 atom stereocenters. The number of benzene rings is 1. The van der Waals surface area contributed by atoms with Crippen LogP contribution in [0.2, 0.25) is 0 Å². The highest BCUT2D eigenvalue weighted by molar-refractivity contribution is 6.01. The molecule has 176 valence electrons. The number of likely N-dealkylation sites (tertiary alicyclic amines) is 1. The van der Waals surface area contributed by atoms with Crippen LogP contribution in [-0.2, 0) is 4.79 Å². The van der Waals surface area contributed by atoms with Gasteiger partial charge in [0.25, 0.3) is 0 Å². The van der Waals surface area contributed by atoms with Gasteiger partial charge in [0, 0.05) is 13.0 Å². The maximum Gasteiger partial charge on any atom is 0.161 e. The lowest BCUT2D eigenvalue weighted by atomic mass is 9.83. The number of β-amino-alcohol motifs (C(OH)–C–C–N with tert-alkyl or cyclic N) is 1. The van der Waals surface area contributed by atoms with E-state index in [1.807, 2.05) is 43.3 Å². The van der Waals surface area contributed by atoms with Crippen LogP contribution in [0.15, 0.2) is 42.0 Å². The van der Waals surface area contributed by atoms with E-state index < -0.39 is 11.6 Å². The second-order valence-corrected chi connectivity index (χ2v) is 10.1. The van der Waals surface area contributed by atoms with Crippen LogP contribution < -0.4 is 10.1 Å². The number of aliphatic hydroxyl groups excluding tert-OH is 1. The quantitative estimate of drug-likeness (QED) is 0.543. The van der Waals surface area contributed by atoms with Crippen molar-refractivity contribution in [2.24, 2.45) is 11.8 Å². The molecule has 0 radical (unpaired) electrons. The molecule has 0 spiro atoms. The first-order chi connectivity index (χ1) is 15.2. The molecule has 1 aromatic rings. The number of para-hydroxylation sites is 1. The Morgan fingerprint density at radius 1 is 1.25 bits per heavy atom. The number of aliphatic hydroxyl groups is 1. The molecule has 1 fully saturated rings. The molecule has 32 heavy (non-hydrogen) atoms. The fourth-order valence-corrected chi connectivity index (χ4v) is 4.98. The fraction of sp³-hybridized carbons (Fsp3) is 0.615. The van der Waals surface area contributed by atoms with Crippen LogP contribution in [-0.4, -0.2) is 59.5 Å². The van der Waals surface area contributed by atoms with Crippen molar-refractivity contribution in [3.63, 3.8) is 0 Å². The topological polar surface area (TPSA) is 85.7 Å². The van der Waals surface area contributed by atoms with Gasteiger partial charge in [-0.05, 0) is 75.7 Å². The first kappa shape index (κ1) is 24.5. The maximum atomic E-state index is 13.0. The Morgan fingerprint density at radius 2 is 1.94 bits per heavy atom. The number of ketones is 1. The average Bonchev–Trinajstić information content (AvgIpc) is 2.83. The van der Waals surface area contributed by atoms with E-state index in [1.165, 1.54) is 0 Å². The smallest absolute Gasteiger partial charge is 0.161 e. The minimum absolute atomic E-state index is 0.193. The van der Waals surface area contributed by atoms with Gasteiger partial charge in [-0.3, -0.25) is 10.2 Å². The highest BCUT2D eigenvalue weighted by Gasteiger charge is 2.36. The van der Waals surface area contributed by atoms with Gasteiger partial charge >= 0.3 is 0 Å². The molecule has 2 unspecified atom stereocenters. The molecule has 1 saturated heterocycles. The number of amidine groups is 1. The molecule has 3 N–H and O–H groups in total. The summed E-state index contributed by atoms with van der Waals surface area (Å²) in [4.78, 5) is 15.3. The summed E-state index contributed by atoms with van der Waals surface area (Å²) >= 11 is 0. The monoisotopic (exact) mass is 441 g/mol. The van der Waals surface area contributed by atoms with Crippen molar-refractivity contribution in [2.75, 3.05) is 26.2 Å². The first-order valence-electron chi connectivity index (χ1n) is 11.9. The lowest BCUT2D eigenvalue weighted by Crippen LogP contribution is -2.51. The number of carbonyl (C=O) groups excluding carboxylic acids is 1. The molecule has 0 aliphatic carbocycles. The Balaban J connectivity index is 1.43. The number of ether oxygens (including phenoxy) is 1. The molecule has 6 heteroatoms. The predicted octanol–water partition coefficient (Wildman–Crippen LogP) is 3.80. The molecule has 2 aliphatic rings. The predicted molar refractivity (Wildman–Crippen MR) is 128 cm³/mol. The summed E-state index contributed by atoms with van der Waals surface area (Å²) in [6, 6.07) is 9.58. The molecule has 0 aromatic heterocycles. The summed E-state index contributed by atoms with van der Waals surface area (Å²) in [5.74, 6) is 2.24. The Hall–Kier alpha value is -2.18. The van der Waals surface area contributed by atoms with Gasteiger partial charge in [0.05, 0.1) is 5.54 Å². The van der Waals surface area contributed by atoms with Crippen LogP contribution in [0.3, 0.4) is 0 Å². The summed E-state index contributed by atoms with van der Waals surface area (Å²) in [7, 11) is 0. The second-order valence-electron chi connectivity index (χ2n) is 10.1. The van der Waals surface area contributed by atoms with E-state index in [-0.39, 0.29) is 5.78 Å². The van der Waals surface area contributed by atoms with Gasteiger partial charge < -0.3 is 20.1 Å². The Kier molecular flexibility index (Phi) is 8.49. The number of piperidine rings is 1. The van der Waals surface area contributed by atoms with Crippen molar-refractivity contribution in [3.05, 3.63) is 42.0 Å². The highest BCUT2D eigenvalue weighted by Crippen LogP contribution is 2.30. The molecular weight excluding hydrogens is 402 g/mol. The van der Waals surface area contributed by atoms with E-state index in [0.717, 1.165) is 50.1 Å². The summed E-state index contributed by atoms with van der Waals surface area (Å²) in [5.41, 5.74) is 0.430. The van der Waals surface area contributed by atoms with Crippen molar-refractivity contribution in [2.45, 2.75) is 64.5 Å². The van der Waals surface area contributed by atoms with Gasteiger partial charge in [-0.1, -0.05) is 37.6 Å². The van der Waals surface area contributed by atoms with Crippen molar-refractivity contribution < 1.29 is 14.6 Å². The zero-order valence-corrected chi connectivity index (χ0v) is 19.8.